The molecule has 0 fully saturated rings. The third-order valence-corrected chi connectivity index (χ3v) is 17.8. The van der Waals surface area contributed by atoms with Crippen LogP contribution in [0.1, 0.15) is 72.3 Å². The molecule has 0 atom stereocenters. The van der Waals surface area contributed by atoms with Gasteiger partial charge in [0.1, 0.15) is 19.8 Å². The molecule has 0 aliphatic carbocycles. The minimum atomic E-state index is -0.397. The van der Waals surface area contributed by atoms with Crippen molar-refractivity contribution in [1.82, 2.24) is 9.99 Å². The number of rotatable bonds is 20. The number of hydrogen-bond acceptors (Lipinski definition) is 11. The van der Waals surface area contributed by atoms with Gasteiger partial charge in [0.05, 0.1) is 33.8 Å². The van der Waals surface area contributed by atoms with Crippen molar-refractivity contribution in [3.63, 3.8) is 0 Å². The number of aromatic nitrogens is 1. The lowest BCUT2D eigenvalue weighted by atomic mass is 10.1. The second-order valence-corrected chi connectivity index (χ2v) is 21.0. The summed E-state index contributed by atoms with van der Waals surface area (Å²) in [6.45, 7) is 5.36. The molecule has 7 nitrogen and oxygen atoms in total. The fourth-order valence-corrected chi connectivity index (χ4v) is 15.0. The molecule has 1 aromatic heterocycles. The zero-order valence-electron chi connectivity index (χ0n) is 33.3. The van der Waals surface area contributed by atoms with E-state index in [0.717, 1.165) is 38.8 Å². The second-order valence-electron chi connectivity index (χ2n) is 13.6. The highest BCUT2D eigenvalue weighted by atomic mass is 32.3. The van der Waals surface area contributed by atoms with Crippen molar-refractivity contribution in [3.05, 3.63) is 154 Å². The summed E-state index contributed by atoms with van der Waals surface area (Å²) in [6, 6.07) is 33.1. The molecule has 5 aromatic rings. The molecule has 3 heterocycles. The Morgan fingerprint density at radius 1 is 0.695 bits per heavy atom. The number of hydrogen-bond donors (Lipinski definition) is 1. The first kappa shape index (κ1) is 43.4. The van der Waals surface area contributed by atoms with Gasteiger partial charge in [-0.15, -0.1) is 23.5 Å². The monoisotopic (exact) mass is 897 g/mol. The summed E-state index contributed by atoms with van der Waals surface area (Å²) in [6.07, 6.45) is 8.76. The van der Waals surface area contributed by atoms with Crippen molar-refractivity contribution < 1.29 is 19.0 Å². The smallest absolute Gasteiger partial charge is 0.271 e. The molecule has 13 heteroatoms. The fraction of sp³-hybridized carbons (Fsp3) is 0.261. The van der Waals surface area contributed by atoms with E-state index in [4.69, 9.17) is 14.2 Å². The molecule has 0 radical (unpaired) electrons. The highest BCUT2D eigenvalue weighted by Gasteiger charge is 2.31. The van der Waals surface area contributed by atoms with Gasteiger partial charge in [0, 0.05) is 23.7 Å². The summed E-state index contributed by atoms with van der Waals surface area (Å²) < 4.78 is 26.9. The fourth-order valence-electron chi connectivity index (χ4n) is 5.84. The third kappa shape index (κ3) is 12.0. The molecule has 0 unspecified atom stereocenters. The summed E-state index contributed by atoms with van der Waals surface area (Å²) in [4.78, 5) is 16.3. The predicted molar refractivity (Wildman–Crippen MR) is 255 cm³/mol. The summed E-state index contributed by atoms with van der Waals surface area (Å²) >= 11 is 11.5. The second kappa shape index (κ2) is 22.2. The van der Waals surface area contributed by atoms with Gasteiger partial charge >= 0.3 is 0 Å². The van der Waals surface area contributed by atoms with Crippen LogP contribution in [-0.2, 0) is 26.9 Å². The molecule has 1 N–H and O–H groups in total. The summed E-state index contributed by atoms with van der Waals surface area (Å²) in [5.41, 5.74) is 7.01. The van der Waals surface area contributed by atoms with Gasteiger partial charge in [0.15, 0.2) is 11.5 Å². The van der Waals surface area contributed by atoms with E-state index in [0.29, 0.717) is 29.4 Å². The number of aryl methyl sites for hydroxylation is 1. The maximum atomic E-state index is 13.9. The summed E-state index contributed by atoms with van der Waals surface area (Å²) in [7, 11) is 2.02. The quantitative estimate of drug-likeness (QED) is 0.0464. The van der Waals surface area contributed by atoms with Crippen LogP contribution in [0, 0.1) is 0 Å². The predicted octanol–water partition coefficient (Wildman–Crippen LogP) is 13.5. The number of unbranched alkanes of at least 4 members (excludes halogenated alkanes) is 2. The lowest BCUT2D eigenvalue weighted by Crippen LogP contribution is -2.18. The summed E-state index contributed by atoms with van der Waals surface area (Å²) in [5.74, 6) is 3.14. The Morgan fingerprint density at radius 2 is 1.19 bits per heavy atom. The molecule has 2 aliphatic rings. The number of nitrogens with one attached hydrogen (secondary N) is 1. The molecule has 0 bridgehead atoms. The maximum Gasteiger partial charge on any atom is 0.271 e. The Kier molecular flexibility index (Phi) is 16.3. The van der Waals surface area contributed by atoms with Crippen LogP contribution >= 0.6 is 70.6 Å². The minimum Gasteiger partial charge on any atom is -0.485 e. The van der Waals surface area contributed by atoms with Gasteiger partial charge in [0.2, 0.25) is 5.75 Å². The normalized spacial score (nSPS) is 13.7. The SMILES string of the molecule is CCCCSC1=C(SCCCC)SC(=C2Sc3cn(C)c(/C=N/NC(=O)c4cc(OCc5ccccc5)c(OCc5ccccc5)c(OCc5ccccc5)c4)c3S2)S1. The first-order chi connectivity index (χ1) is 29.0. The van der Waals surface area contributed by atoms with Crippen LogP contribution in [0.25, 0.3) is 0 Å². The minimum absolute atomic E-state index is 0.279. The lowest BCUT2D eigenvalue weighted by Gasteiger charge is -2.19. The number of amides is 1. The molecule has 4 aromatic carbocycles. The molecule has 7 rings (SSSR count). The van der Waals surface area contributed by atoms with Crippen LogP contribution in [0.5, 0.6) is 17.2 Å². The van der Waals surface area contributed by atoms with Crippen molar-refractivity contribution in [3.8, 4) is 17.2 Å². The van der Waals surface area contributed by atoms with Crippen molar-refractivity contribution in [2.24, 2.45) is 12.1 Å². The molecule has 0 saturated carbocycles. The topological polar surface area (TPSA) is 74.1 Å². The van der Waals surface area contributed by atoms with Crippen LogP contribution in [0.2, 0.25) is 0 Å². The van der Waals surface area contributed by atoms with Crippen LogP contribution in [0.3, 0.4) is 0 Å². The summed E-state index contributed by atoms with van der Waals surface area (Å²) in [5, 5.41) is 4.48. The van der Waals surface area contributed by atoms with E-state index in [1.54, 1.807) is 30.1 Å². The number of carbonyl (C=O) groups excluding carboxylic acids is 1. The standard InChI is InChI=1S/C46H47N3O4S6/c1-4-6-23-54-43-44(55-24-7-5-2)59-46(58-43)45-56-39-28-49(3)36(41(39)57-45)27-47-48-42(50)35-25-37(51-29-32-17-11-8-12-18-32)40(53-31-34-21-15-10-16-22-34)38(26-35)52-30-33-19-13-9-14-20-33/h8-22,25-28H,4-7,23-24,29-31H2,1-3H3,(H,48,50)/b47-27+. The van der Waals surface area contributed by atoms with E-state index in [9.17, 15) is 4.79 Å². The average molecular weight is 898 g/mol. The van der Waals surface area contributed by atoms with Crippen LogP contribution < -0.4 is 19.6 Å². The van der Waals surface area contributed by atoms with Gasteiger partial charge in [0.25, 0.3) is 5.91 Å². The van der Waals surface area contributed by atoms with Gasteiger partial charge in [-0.05, 0) is 53.2 Å². The van der Waals surface area contributed by atoms with Crippen molar-refractivity contribution in [1.29, 1.82) is 0 Å². The lowest BCUT2D eigenvalue weighted by molar-refractivity contribution is 0.0953. The molecular formula is C46H47N3O4S6. The number of thioether (sulfide) groups is 6. The molecule has 1 amide bonds. The highest BCUT2D eigenvalue weighted by Crippen LogP contribution is 2.64. The highest BCUT2D eigenvalue weighted by molar-refractivity contribution is 8.42. The van der Waals surface area contributed by atoms with Crippen LogP contribution in [0.15, 0.2) is 141 Å². The van der Waals surface area contributed by atoms with E-state index in [1.807, 2.05) is 157 Å². The Bertz CT molecular complexity index is 2190. The van der Waals surface area contributed by atoms with E-state index in [1.165, 1.54) is 47.5 Å². The molecule has 0 saturated heterocycles. The largest absolute Gasteiger partial charge is 0.485 e. The Morgan fingerprint density at radius 3 is 1.69 bits per heavy atom. The van der Waals surface area contributed by atoms with Crippen molar-refractivity contribution in [2.75, 3.05) is 11.5 Å². The molecule has 0 spiro atoms. The number of hydrazone groups is 1. The van der Waals surface area contributed by atoms with Crippen molar-refractivity contribution >= 4 is 82.7 Å². The number of benzene rings is 4. The number of carbonyl (C=O) groups is 1. The zero-order chi connectivity index (χ0) is 40.8. The first-order valence-electron chi connectivity index (χ1n) is 19.7. The van der Waals surface area contributed by atoms with Crippen LogP contribution in [-0.4, -0.2) is 28.2 Å². The van der Waals surface area contributed by atoms with E-state index < -0.39 is 5.91 Å². The van der Waals surface area contributed by atoms with Crippen molar-refractivity contribution in [2.45, 2.75) is 69.1 Å². The number of fused-ring (bicyclic) bond motifs is 1. The van der Waals surface area contributed by atoms with E-state index in [2.05, 4.69) is 35.1 Å². The molecule has 59 heavy (non-hydrogen) atoms. The third-order valence-electron chi connectivity index (χ3n) is 9.05. The first-order valence-corrected chi connectivity index (χ1v) is 24.9. The van der Waals surface area contributed by atoms with Gasteiger partial charge in [-0.3, -0.25) is 4.79 Å². The van der Waals surface area contributed by atoms with E-state index in [-0.39, 0.29) is 13.2 Å². The van der Waals surface area contributed by atoms with Gasteiger partial charge < -0.3 is 18.8 Å². The van der Waals surface area contributed by atoms with Crippen LogP contribution in [0.4, 0.5) is 0 Å². The Balaban J connectivity index is 1.10. The average Bonchev–Trinajstić information content (AvgIpc) is 3.95. The van der Waals surface area contributed by atoms with Gasteiger partial charge in [-0.1, -0.05) is 165 Å². The number of ether oxygens (including phenoxy) is 3. The van der Waals surface area contributed by atoms with Gasteiger partial charge in [-0.2, -0.15) is 5.10 Å². The Hall–Kier alpha value is -3.72. The Labute approximate surface area is 373 Å². The van der Waals surface area contributed by atoms with E-state index >= 15 is 0 Å². The molecule has 306 valence electrons. The number of nitrogens with zero attached hydrogens (tertiary/aromatic N) is 2. The zero-order valence-corrected chi connectivity index (χ0v) is 38.2. The molecular weight excluding hydrogens is 851 g/mol. The van der Waals surface area contributed by atoms with Gasteiger partial charge in [-0.25, -0.2) is 5.43 Å². The molecule has 2 aliphatic heterocycles. The maximum absolute atomic E-state index is 13.9.